The Morgan fingerprint density at radius 1 is 1.26 bits per heavy atom. The molecular formula is C13H15FN2O3. The highest BCUT2D eigenvalue weighted by Gasteiger charge is 2.18. The van der Waals surface area contributed by atoms with E-state index in [0.29, 0.717) is 28.3 Å². The lowest BCUT2D eigenvalue weighted by atomic mass is 10.0. The molecule has 19 heavy (non-hydrogen) atoms. The number of rotatable bonds is 4. The zero-order valence-electron chi connectivity index (χ0n) is 10.9. The van der Waals surface area contributed by atoms with Crippen molar-refractivity contribution in [1.29, 1.82) is 0 Å². The van der Waals surface area contributed by atoms with Crippen molar-refractivity contribution in [3.8, 4) is 22.8 Å². The third kappa shape index (κ3) is 2.47. The van der Waals surface area contributed by atoms with Gasteiger partial charge < -0.3 is 19.7 Å². The van der Waals surface area contributed by atoms with Gasteiger partial charge in [0.2, 0.25) is 5.88 Å². The van der Waals surface area contributed by atoms with Crippen LogP contribution in [0.25, 0.3) is 11.3 Å². The Balaban J connectivity index is 2.65. The molecule has 0 saturated heterocycles. The first-order chi connectivity index (χ1) is 9.06. The van der Waals surface area contributed by atoms with Crippen LogP contribution in [0.2, 0.25) is 0 Å². The Kier molecular flexibility index (Phi) is 3.59. The van der Waals surface area contributed by atoms with Gasteiger partial charge in [-0.15, -0.1) is 0 Å². The molecule has 0 radical (unpaired) electrons. The number of nitrogens with zero attached hydrogens (tertiary/aromatic N) is 1. The Hall–Kier alpha value is -2.24. The van der Waals surface area contributed by atoms with Gasteiger partial charge in [-0.2, -0.15) is 0 Å². The molecular weight excluding hydrogens is 251 g/mol. The summed E-state index contributed by atoms with van der Waals surface area (Å²) in [6.45, 7) is 1.45. The maximum atomic E-state index is 13.5. The van der Waals surface area contributed by atoms with Crippen LogP contribution in [-0.4, -0.2) is 19.4 Å². The van der Waals surface area contributed by atoms with Gasteiger partial charge in [0, 0.05) is 6.07 Å². The van der Waals surface area contributed by atoms with Crippen molar-refractivity contribution in [3.63, 3.8) is 0 Å². The van der Waals surface area contributed by atoms with Gasteiger partial charge in [-0.1, -0.05) is 5.16 Å². The molecule has 0 aliphatic carbocycles. The van der Waals surface area contributed by atoms with Crippen molar-refractivity contribution in [2.45, 2.75) is 13.1 Å². The van der Waals surface area contributed by atoms with Crippen LogP contribution in [0.3, 0.4) is 0 Å². The first-order valence-corrected chi connectivity index (χ1v) is 5.69. The summed E-state index contributed by atoms with van der Waals surface area (Å²) in [6, 6.07) is 4.78. The van der Waals surface area contributed by atoms with Crippen LogP contribution in [0.1, 0.15) is 18.7 Å². The summed E-state index contributed by atoms with van der Waals surface area (Å²) in [7, 11) is 2.99. The molecule has 6 heteroatoms. The van der Waals surface area contributed by atoms with E-state index in [9.17, 15) is 4.39 Å². The lowest BCUT2D eigenvalue weighted by Gasteiger charge is -2.14. The minimum Gasteiger partial charge on any atom is -0.493 e. The first kappa shape index (κ1) is 13.2. The number of alkyl halides is 1. The van der Waals surface area contributed by atoms with Crippen molar-refractivity contribution in [1.82, 2.24) is 5.16 Å². The minimum absolute atomic E-state index is 0.176. The van der Waals surface area contributed by atoms with Crippen molar-refractivity contribution in [2.24, 2.45) is 0 Å². The summed E-state index contributed by atoms with van der Waals surface area (Å²) < 4.78 is 28.9. The van der Waals surface area contributed by atoms with Crippen LogP contribution in [-0.2, 0) is 0 Å². The van der Waals surface area contributed by atoms with Gasteiger partial charge in [0.25, 0.3) is 0 Å². The molecule has 2 aromatic rings. The highest BCUT2D eigenvalue weighted by atomic mass is 19.1. The fourth-order valence-electron chi connectivity index (χ4n) is 1.82. The molecule has 1 aromatic carbocycles. The molecule has 0 fully saturated rings. The maximum Gasteiger partial charge on any atom is 0.222 e. The summed E-state index contributed by atoms with van der Waals surface area (Å²) >= 11 is 0. The van der Waals surface area contributed by atoms with E-state index in [2.05, 4.69) is 5.16 Å². The van der Waals surface area contributed by atoms with Gasteiger partial charge >= 0.3 is 0 Å². The van der Waals surface area contributed by atoms with Crippen LogP contribution in [0.5, 0.6) is 11.5 Å². The molecule has 2 rings (SSSR count). The zero-order valence-corrected chi connectivity index (χ0v) is 10.9. The maximum absolute atomic E-state index is 13.5. The van der Waals surface area contributed by atoms with E-state index in [0.717, 1.165) is 0 Å². The van der Waals surface area contributed by atoms with Crippen LogP contribution in [0.4, 0.5) is 10.3 Å². The van der Waals surface area contributed by atoms with Gasteiger partial charge in [-0.05, 0) is 24.6 Å². The van der Waals surface area contributed by atoms with Gasteiger partial charge in [0.15, 0.2) is 11.5 Å². The number of nitrogen functional groups attached to an aromatic ring is 1. The standard InChI is InChI=1S/C13H15FN2O3/c1-7(14)8-4-9(10-6-12(15)19-16-10)13(18-3)11(5-8)17-2/h4-7H,15H2,1-3H3. The van der Waals surface area contributed by atoms with E-state index in [-0.39, 0.29) is 5.88 Å². The summed E-state index contributed by atoms with van der Waals surface area (Å²) in [6.07, 6.45) is -1.14. The molecule has 1 atom stereocenters. The van der Waals surface area contributed by atoms with E-state index in [1.807, 2.05) is 0 Å². The topological polar surface area (TPSA) is 70.5 Å². The number of methoxy groups -OCH3 is 2. The first-order valence-electron chi connectivity index (χ1n) is 5.69. The number of benzene rings is 1. The Morgan fingerprint density at radius 2 is 2.00 bits per heavy atom. The fourth-order valence-corrected chi connectivity index (χ4v) is 1.82. The Morgan fingerprint density at radius 3 is 2.47 bits per heavy atom. The lowest BCUT2D eigenvalue weighted by Crippen LogP contribution is -1.97. The van der Waals surface area contributed by atoms with E-state index in [1.165, 1.54) is 21.1 Å². The van der Waals surface area contributed by atoms with Crippen LogP contribution < -0.4 is 15.2 Å². The van der Waals surface area contributed by atoms with E-state index < -0.39 is 6.17 Å². The van der Waals surface area contributed by atoms with Gasteiger partial charge in [-0.3, -0.25) is 0 Å². The summed E-state index contributed by atoms with van der Waals surface area (Å²) in [5.41, 5.74) is 7.01. The van der Waals surface area contributed by atoms with Gasteiger partial charge in [0.1, 0.15) is 11.9 Å². The number of nitrogens with two attached hydrogens (primary N) is 1. The van der Waals surface area contributed by atoms with Crippen LogP contribution in [0.15, 0.2) is 22.7 Å². The molecule has 0 saturated carbocycles. The van der Waals surface area contributed by atoms with Crippen LogP contribution in [0, 0.1) is 0 Å². The quantitative estimate of drug-likeness (QED) is 0.921. The monoisotopic (exact) mass is 266 g/mol. The summed E-state index contributed by atoms with van der Waals surface area (Å²) in [4.78, 5) is 0. The molecule has 0 bridgehead atoms. The lowest BCUT2D eigenvalue weighted by molar-refractivity contribution is 0.348. The van der Waals surface area contributed by atoms with Crippen molar-refractivity contribution in [2.75, 3.05) is 20.0 Å². The normalized spacial score (nSPS) is 12.2. The second-order valence-corrected chi connectivity index (χ2v) is 4.03. The van der Waals surface area contributed by atoms with Crippen molar-refractivity contribution < 1.29 is 18.4 Å². The number of aromatic nitrogens is 1. The highest BCUT2D eigenvalue weighted by Crippen LogP contribution is 2.40. The fraction of sp³-hybridized carbons (Fsp3) is 0.308. The molecule has 1 heterocycles. The van der Waals surface area contributed by atoms with Crippen LogP contribution >= 0.6 is 0 Å². The summed E-state index contributed by atoms with van der Waals surface area (Å²) in [5, 5.41) is 3.81. The molecule has 0 aliphatic rings. The summed E-state index contributed by atoms with van der Waals surface area (Å²) in [5.74, 6) is 1.07. The average Bonchev–Trinajstić information content (AvgIpc) is 2.83. The molecule has 1 unspecified atom stereocenters. The van der Waals surface area contributed by atoms with Crippen molar-refractivity contribution >= 4 is 5.88 Å². The smallest absolute Gasteiger partial charge is 0.222 e. The number of hydrogen-bond donors (Lipinski definition) is 1. The number of hydrogen-bond acceptors (Lipinski definition) is 5. The second-order valence-electron chi connectivity index (χ2n) is 4.03. The highest BCUT2D eigenvalue weighted by molar-refractivity contribution is 5.73. The molecule has 0 aliphatic heterocycles. The predicted molar refractivity (Wildman–Crippen MR) is 69.0 cm³/mol. The third-order valence-corrected chi connectivity index (χ3v) is 2.76. The van der Waals surface area contributed by atoms with Crippen molar-refractivity contribution in [3.05, 3.63) is 23.8 Å². The predicted octanol–water partition coefficient (Wildman–Crippen LogP) is 2.97. The molecule has 102 valence electrons. The second kappa shape index (κ2) is 5.17. The molecule has 1 aromatic heterocycles. The number of ether oxygens (including phenoxy) is 2. The van der Waals surface area contributed by atoms with E-state index in [1.54, 1.807) is 18.2 Å². The molecule has 2 N–H and O–H groups in total. The molecule has 5 nitrogen and oxygen atoms in total. The van der Waals surface area contributed by atoms with Gasteiger partial charge in [0.05, 0.1) is 19.8 Å². The van der Waals surface area contributed by atoms with E-state index in [4.69, 9.17) is 19.7 Å². The zero-order chi connectivity index (χ0) is 14.0. The third-order valence-electron chi connectivity index (χ3n) is 2.76. The number of anilines is 1. The average molecular weight is 266 g/mol. The minimum atomic E-state index is -1.14. The largest absolute Gasteiger partial charge is 0.493 e. The van der Waals surface area contributed by atoms with Gasteiger partial charge in [-0.25, -0.2) is 4.39 Å². The SMILES string of the molecule is COc1cc(C(C)F)cc(-c2cc(N)on2)c1OC. The Bertz CT molecular complexity index is 581. The van der Waals surface area contributed by atoms with E-state index >= 15 is 0 Å². The number of halogens is 1. The molecule has 0 spiro atoms. The Labute approximate surface area is 110 Å². The molecule has 0 amide bonds.